The molecule has 1 amide bonds. The zero-order valence-electron chi connectivity index (χ0n) is 14.5. The van der Waals surface area contributed by atoms with Gasteiger partial charge in [-0.3, -0.25) is 4.79 Å². The first-order valence-corrected chi connectivity index (χ1v) is 8.08. The summed E-state index contributed by atoms with van der Waals surface area (Å²) in [6.07, 6.45) is -0.514. The minimum atomic E-state index is -1.03. The van der Waals surface area contributed by atoms with Crippen molar-refractivity contribution in [2.45, 2.75) is 33.3 Å². The number of aromatic amines is 2. The second kappa shape index (κ2) is 6.87. The molecule has 3 N–H and O–H groups in total. The molecule has 1 atom stereocenters. The molecule has 1 aromatic carbocycles. The van der Waals surface area contributed by atoms with Gasteiger partial charge in [0, 0.05) is 5.69 Å². The topological polar surface area (TPSA) is 130 Å². The molecule has 2 heterocycles. The number of esters is 1. The summed E-state index contributed by atoms with van der Waals surface area (Å²) in [5.74, 6) is -0.808. The largest absolute Gasteiger partial charge is 0.449 e. The molecular weight excluding hydrogens is 340 g/mol. The van der Waals surface area contributed by atoms with Crippen molar-refractivity contribution in [2.24, 2.45) is 0 Å². The Labute approximate surface area is 147 Å². The fourth-order valence-electron chi connectivity index (χ4n) is 2.55. The quantitative estimate of drug-likeness (QED) is 0.597. The predicted octanol–water partition coefficient (Wildman–Crippen LogP) is 1.90. The van der Waals surface area contributed by atoms with Crippen LogP contribution >= 0.6 is 0 Å². The molecular formula is C17H18N4O5. The fourth-order valence-corrected chi connectivity index (χ4v) is 2.55. The SMILES string of the molecule is CCc1noc(C)c1C(=O)O[C@H](C)C(=O)Nc1ccc2[nH]c(=O)[nH]c2c1. The number of benzene rings is 1. The smallest absolute Gasteiger partial charge is 0.344 e. The maximum Gasteiger partial charge on any atom is 0.344 e. The third-order valence-electron chi connectivity index (χ3n) is 3.91. The number of hydrogen-bond donors (Lipinski definition) is 3. The van der Waals surface area contributed by atoms with Gasteiger partial charge in [-0.2, -0.15) is 0 Å². The van der Waals surface area contributed by atoms with E-state index in [1.807, 2.05) is 6.92 Å². The summed E-state index contributed by atoms with van der Waals surface area (Å²) in [6, 6.07) is 4.91. The number of carbonyl (C=O) groups excluding carboxylic acids is 2. The van der Waals surface area contributed by atoms with Crippen molar-refractivity contribution < 1.29 is 18.8 Å². The van der Waals surface area contributed by atoms with Crippen molar-refractivity contribution in [3.63, 3.8) is 0 Å². The van der Waals surface area contributed by atoms with Crippen LogP contribution in [-0.4, -0.2) is 33.1 Å². The van der Waals surface area contributed by atoms with Crippen molar-refractivity contribution in [1.29, 1.82) is 0 Å². The molecule has 0 spiro atoms. The van der Waals surface area contributed by atoms with Gasteiger partial charge in [-0.25, -0.2) is 9.59 Å². The van der Waals surface area contributed by atoms with Crippen LogP contribution in [0.15, 0.2) is 27.5 Å². The van der Waals surface area contributed by atoms with Crippen molar-refractivity contribution in [2.75, 3.05) is 5.32 Å². The summed E-state index contributed by atoms with van der Waals surface area (Å²) in [5.41, 5.74) is 2.06. The van der Waals surface area contributed by atoms with E-state index in [0.29, 0.717) is 34.6 Å². The van der Waals surface area contributed by atoms with Crippen molar-refractivity contribution in [3.8, 4) is 0 Å². The second-order valence-corrected chi connectivity index (χ2v) is 5.79. The highest BCUT2D eigenvalue weighted by molar-refractivity contribution is 5.98. The number of fused-ring (bicyclic) bond motifs is 1. The molecule has 2 aromatic heterocycles. The number of hydrogen-bond acceptors (Lipinski definition) is 6. The molecule has 26 heavy (non-hydrogen) atoms. The minimum absolute atomic E-state index is 0.249. The zero-order chi connectivity index (χ0) is 18.8. The van der Waals surface area contributed by atoms with Gasteiger partial charge in [0.25, 0.3) is 5.91 Å². The third kappa shape index (κ3) is 3.37. The van der Waals surface area contributed by atoms with Gasteiger partial charge in [0.15, 0.2) is 6.10 Å². The van der Waals surface area contributed by atoms with Crippen LogP contribution in [0.2, 0.25) is 0 Å². The summed E-state index contributed by atoms with van der Waals surface area (Å²) in [7, 11) is 0. The Balaban J connectivity index is 1.69. The minimum Gasteiger partial charge on any atom is -0.449 e. The van der Waals surface area contributed by atoms with Gasteiger partial charge in [-0.05, 0) is 38.5 Å². The Bertz CT molecular complexity index is 1030. The number of nitrogens with one attached hydrogen (secondary N) is 3. The molecule has 0 aliphatic rings. The summed E-state index contributed by atoms with van der Waals surface area (Å²) in [6.45, 7) is 4.92. The molecule has 0 aliphatic heterocycles. The molecule has 0 fully saturated rings. The van der Waals surface area contributed by atoms with Crippen LogP contribution in [0.1, 0.15) is 35.7 Å². The van der Waals surface area contributed by atoms with Crippen molar-refractivity contribution in [1.82, 2.24) is 15.1 Å². The first-order valence-electron chi connectivity index (χ1n) is 8.08. The van der Waals surface area contributed by atoms with E-state index in [0.717, 1.165) is 0 Å². The van der Waals surface area contributed by atoms with Gasteiger partial charge in [-0.1, -0.05) is 12.1 Å². The zero-order valence-corrected chi connectivity index (χ0v) is 14.5. The van der Waals surface area contributed by atoms with Crippen molar-refractivity contribution >= 4 is 28.6 Å². The van der Waals surface area contributed by atoms with E-state index < -0.39 is 18.0 Å². The van der Waals surface area contributed by atoms with Crippen LogP contribution in [0.5, 0.6) is 0 Å². The maximum absolute atomic E-state index is 12.3. The lowest BCUT2D eigenvalue weighted by molar-refractivity contribution is -0.123. The summed E-state index contributed by atoms with van der Waals surface area (Å²) >= 11 is 0. The van der Waals surface area contributed by atoms with Gasteiger partial charge < -0.3 is 24.5 Å². The fraction of sp³-hybridized carbons (Fsp3) is 0.294. The van der Waals surface area contributed by atoms with E-state index >= 15 is 0 Å². The van der Waals surface area contributed by atoms with Crippen LogP contribution in [0, 0.1) is 6.92 Å². The highest BCUT2D eigenvalue weighted by atomic mass is 16.5. The number of nitrogens with zero attached hydrogens (tertiary/aromatic N) is 1. The third-order valence-corrected chi connectivity index (χ3v) is 3.91. The number of carbonyl (C=O) groups is 2. The summed E-state index contributed by atoms with van der Waals surface area (Å²) in [4.78, 5) is 41.1. The average molecular weight is 358 g/mol. The Morgan fingerprint density at radius 2 is 2.04 bits per heavy atom. The van der Waals surface area contributed by atoms with Gasteiger partial charge >= 0.3 is 11.7 Å². The lowest BCUT2D eigenvalue weighted by Gasteiger charge is -2.13. The second-order valence-electron chi connectivity index (χ2n) is 5.79. The summed E-state index contributed by atoms with van der Waals surface area (Å²) in [5, 5.41) is 6.44. The molecule has 3 aromatic rings. The number of aryl methyl sites for hydroxylation is 2. The molecule has 136 valence electrons. The molecule has 0 radical (unpaired) electrons. The maximum atomic E-state index is 12.3. The van der Waals surface area contributed by atoms with E-state index in [9.17, 15) is 14.4 Å². The Morgan fingerprint density at radius 1 is 1.31 bits per heavy atom. The van der Waals surface area contributed by atoms with Crippen molar-refractivity contribution in [3.05, 3.63) is 45.7 Å². The molecule has 9 heteroatoms. The molecule has 0 saturated carbocycles. The Kier molecular flexibility index (Phi) is 4.61. The number of imidazole rings is 1. The van der Waals surface area contributed by atoms with E-state index in [1.54, 1.807) is 25.1 Å². The van der Waals surface area contributed by atoms with Crippen LogP contribution in [0.25, 0.3) is 11.0 Å². The van der Waals surface area contributed by atoms with E-state index in [4.69, 9.17) is 9.26 Å². The number of amides is 1. The first kappa shape index (κ1) is 17.5. The molecule has 0 unspecified atom stereocenters. The molecule has 9 nitrogen and oxygen atoms in total. The number of H-pyrrole nitrogens is 2. The standard InChI is InChI=1S/C17H18N4O5/c1-4-11-14(8(2)26-21-11)16(23)25-9(3)15(22)18-10-5-6-12-13(7-10)20-17(24)19-12/h5-7,9H,4H2,1-3H3,(H,18,22)(H2,19,20,24)/t9-/m1/s1. The average Bonchev–Trinajstić information content (AvgIpc) is 3.15. The molecule has 3 rings (SSSR count). The monoisotopic (exact) mass is 358 g/mol. The normalized spacial score (nSPS) is 12.1. The highest BCUT2D eigenvalue weighted by Gasteiger charge is 2.25. The van der Waals surface area contributed by atoms with Gasteiger partial charge in [-0.15, -0.1) is 0 Å². The Hall–Kier alpha value is -3.36. The van der Waals surface area contributed by atoms with Crippen LogP contribution in [0.3, 0.4) is 0 Å². The van der Waals surface area contributed by atoms with Gasteiger partial charge in [0.05, 0.1) is 16.7 Å². The predicted molar refractivity (Wildman–Crippen MR) is 93.0 cm³/mol. The molecule has 0 saturated heterocycles. The van der Waals surface area contributed by atoms with Crippen LogP contribution in [0.4, 0.5) is 5.69 Å². The molecule has 0 bridgehead atoms. The number of aromatic nitrogens is 3. The van der Waals surface area contributed by atoms with Gasteiger partial charge in [0.1, 0.15) is 11.3 Å². The number of ether oxygens (including phenoxy) is 1. The first-order chi connectivity index (χ1) is 12.4. The Morgan fingerprint density at radius 3 is 2.77 bits per heavy atom. The lowest BCUT2D eigenvalue weighted by atomic mass is 10.1. The number of anilines is 1. The van der Waals surface area contributed by atoms with E-state index in [1.165, 1.54) is 6.92 Å². The van der Waals surface area contributed by atoms with Crippen LogP contribution in [-0.2, 0) is 16.0 Å². The number of rotatable bonds is 5. The lowest BCUT2D eigenvalue weighted by Crippen LogP contribution is -2.30. The van der Waals surface area contributed by atoms with E-state index in [-0.39, 0.29) is 11.3 Å². The summed E-state index contributed by atoms with van der Waals surface area (Å²) < 4.78 is 10.2. The molecule has 0 aliphatic carbocycles. The van der Waals surface area contributed by atoms with Crippen LogP contribution < -0.4 is 11.0 Å². The van der Waals surface area contributed by atoms with E-state index in [2.05, 4.69) is 20.4 Å². The van der Waals surface area contributed by atoms with Gasteiger partial charge in [0.2, 0.25) is 0 Å². The highest BCUT2D eigenvalue weighted by Crippen LogP contribution is 2.18.